The summed E-state index contributed by atoms with van der Waals surface area (Å²) >= 11 is 0. The normalized spacial score (nSPS) is 21.0. The van der Waals surface area contributed by atoms with E-state index in [2.05, 4.69) is 5.32 Å². The van der Waals surface area contributed by atoms with Crippen molar-refractivity contribution in [1.29, 1.82) is 0 Å². The molecule has 5 rings (SSSR count). The summed E-state index contributed by atoms with van der Waals surface area (Å²) in [6.45, 7) is 7.92. The number of halogens is 2. The number of aliphatic carboxylic acids is 1. The second-order valence-corrected chi connectivity index (χ2v) is 12.0. The second-order valence-electron chi connectivity index (χ2n) is 12.0. The summed E-state index contributed by atoms with van der Waals surface area (Å²) in [6.07, 6.45) is 0.764. The SMILES string of the molecule is Cc1cccc(C)c1-c1cc(F)c(F)c([C@H](CC(=O)O)NC(=O)[C@@H]2[C@@H]3C(CN2C(=O)c2ccn(C)c(=O)c2)C3(C)C)c1. The quantitative estimate of drug-likeness (QED) is 0.434. The van der Waals surface area contributed by atoms with Gasteiger partial charge < -0.3 is 19.9 Å². The van der Waals surface area contributed by atoms with Crippen LogP contribution in [0, 0.1) is 42.7 Å². The van der Waals surface area contributed by atoms with Crippen LogP contribution in [0.15, 0.2) is 53.5 Å². The monoisotopic (exact) mass is 577 g/mol. The average Bonchev–Trinajstić information content (AvgIpc) is 3.23. The highest BCUT2D eigenvalue weighted by atomic mass is 19.2. The van der Waals surface area contributed by atoms with Gasteiger partial charge in [-0.2, -0.15) is 0 Å². The molecular formula is C32H33F2N3O5. The molecule has 1 aromatic heterocycles. The molecule has 220 valence electrons. The van der Waals surface area contributed by atoms with Crippen LogP contribution in [0.5, 0.6) is 0 Å². The van der Waals surface area contributed by atoms with Crippen LogP contribution in [-0.4, -0.2) is 44.9 Å². The maximum atomic E-state index is 15.3. The van der Waals surface area contributed by atoms with E-state index < -0.39 is 47.9 Å². The number of fused-ring (bicyclic) bond motifs is 1. The zero-order valence-electron chi connectivity index (χ0n) is 24.1. The number of rotatable bonds is 7. The van der Waals surface area contributed by atoms with Gasteiger partial charge in [0.1, 0.15) is 6.04 Å². The maximum absolute atomic E-state index is 15.3. The molecule has 10 heteroatoms. The Morgan fingerprint density at radius 1 is 1.10 bits per heavy atom. The van der Waals surface area contributed by atoms with Crippen LogP contribution in [0.2, 0.25) is 0 Å². The highest BCUT2D eigenvalue weighted by Crippen LogP contribution is 2.65. The molecule has 0 radical (unpaired) electrons. The second kappa shape index (κ2) is 10.5. The molecule has 1 unspecified atom stereocenters. The van der Waals surface area contributed by atoms with E-state index in [9.17, 15) is 28.7 Å². The first-order valence-electron chi connectivity index (χ1n) is 13.8. The lowest BCUT2D eigenvalue weighted by Crippen LogP contribution is -2.51. The van der Waals surface area contributed by atoms with E-state index in [1.807, 2.05) is 45.9 Å². The average molecular weight is 578 g/mol. The first-order valence-corrected chi connectivity index (χ1v) is 13.8. The number of nitrogens with zero attached hydrogens (tertiary/aromatic N) is 2. The van der Waals surface area contributed by atoms with Crippen LogP contribution >= 0.6 is 0 Å². The number of carboxylic acid groups (broad SMARTS) is 1. The van der Waals surface area contributed by atoms with E-state index in [-0.39, 0.29) is 40.5 Å². The smallest absolute Gasteiger partial charge is 0.305 e. The van der Waals surface area contributed by atoms with Gasteiger partial charge in [-0.15, -0.1) is 0 Å². The Labute approximate surface area is 242 Å². The number of aromatic nitrogens is 1. The number of carbonyl (C=O) groups excluding carboxylic acids is 2. The van der Waals surface area contributed by atoms with Crippen LogP contribution in [0.25, 0.3) is 11.1 Å². The van der Waals surface area contributed by atoms with Gasteiger partial charge in [0.25, 0.3) is 11.5 Å². The Morgan fingerprint density at radius 3 is 2.38 bits per heavy atom. The fraction of sp³-hybridized carbons (Fsp3) is 0.375. The lowest BCUT2D eigenvalue weighted by molar-refractivity contribution is -0.138. The van der Waals surface area contributed by atoms with Gasteiger partial charge in [-0.1, -0.05) is 32.0 Å². The molecule has 2 aromatic carbocycles. The van der Waals surface area contributed by atoms with Crippen molar-refractivity contribution in [2.75, 3.05) is 6.54 Å². The summed E-state index contributed by atoms with van der Waals surface area (Å²) < 4.78 is 31.6. The molecule has 2 N–H and O–H groups in total. The van der Waals surface area contributed by atoms with Crippen molar-refractivity contribution in [2.45, 2.75) is 46.2 Å². The van der Waals surface area contributed by atoms with Gasteiger partial charge >= 0.3 is 5.97 Å². The number of carbonyl (C=O) groups is 3. The molecule has 2 amide bonds. The minimum atomic E-state index is -1.41. The Kier molecular flexibility index (Phi) is 7.28. The number of piperidine rings is 1. The number of hydrogen-bond acceptors (Lipinski definition) is 4. The molecule has 0 bridgehead atoms. The predicted octanol–water partition coefficient (Wildman–Crippen LogP) is 4.38. The molecule has 1 saturated heterocycles. The van der Waals surface area contributed by atoms with Crippen LogP contribution in [-0.2, 0) is 16.6 Å². The summed E-state index contributed by atoms with van der Waals surface area (Å²) in [5, 5.41) is 12.3. The lowest BCUT2D eigenvalue weighted by atomic mass is 9.91. The van der Waals surface area contributed by atoms with Gasteiger partial charge in [0.05, 0.1) is 12.5 Å². The fourth-order valence-electron chi connectivity index (χ4n) is 6.59. The number of carboxylic acids is 1. The van der Waals surface area contributed by atoms with E-state index in [0.717, 1.165) is 17.2 Å². The van der Waals surface area contributed by atoms with Crippen molar-refractivity contribution in [3.05, 3.63) is 92.9 Å². The number of amides is 2. The third kappa shape index (κ3) is 4.99. The van der Waals surface area contributed by atoms with Gasteiger partial charge in [0.2, 0.25) is 5.91 Å². The van der Waals surface area contributed by atoms with Crippen molar-refractivity contribution in [3.63, 3.8) is 0 Å². The molecule has 4 atom stereocenters. The first kappa shape index (κ1) is 29.2. The standard InChI is InChI=1S/C32H33F2N3O5/c1-16-7-6-8-17(2)26(16)19-11-20(28(34)22(33)12-19)23(14-25(39)40)35-30(41)29-27-21(32(27,3)4)15-37(29)31(42)18-9-10-36(5)24(38)13-18/h6-13,21,23,27,29H,14-15H2,1-5H3,(H,35,41)(H,39,40)/t21?,23-,27-,29-/m0/s1. The number of benzene rings is 2. The van der Waals surface area contributed by atoms with Crippen molar-refractivity contribution in [2.24, 2.45) is 24.3 Å². The number of nitrogens with one attached hydrogen (secondary N) is 1. The number of aryl methyl sites for hydroxylation is 3. The summed E-state index contributed by atoms with van der Waals surface area (Å²) in [4.78, 5) is 52.8. The molecule has 1 aliphatic heterocycles. The molecule has 3 aromatic rings. The summed E-state index contributed by atoms with van der Waals surface area (Å²) in [5.74, 6) is -5.10. The summed E-state index contributed by atoms with van der Waals surface area (Å²) in [6, 6.07) is 8.27. The number of pyridine rings is 1. The van der Waals surface area contributed by atoms with E-state index >= 15 is 4.39 Å². The topological polar surface area (TPSA) is 109 Å². The van der Waals surface area contributed by atoms with E-state index in [0.29, 0.717) is 11.1 Å². The highest BCUT2D eigenvalue weighted by molar-refractivity contribution is 5.98. The molecule has 0 spiro atoms. The number of likely N-dealkylation sites (tertiary alicyclic amines) is 1. The molecule has 42 heavy (non-hydrogen) atoms. The zero-order chi connectivity index (χ0) is 30.7. The molecular weight excluding hydrogens is 544 g/mol. The van der Waals surface area contributed by atoms with Crippen LogP contribution in [0.3, 0.4) is 0 Å². The molecule has 2 fully saturated rings. The minimum Gasteiger partial charge on any atom is -0.481 e. The lowest BCUT2D eigenvalue weighted by Gasteiger charge is -2.31. The van der Waals surface area contributed by atoms with Gasteiger partial charge in [-0.25, -0.2) is 8.78 Å². The molecule has 2 aliphatic rings. The number of hydrogen-bond donors (Lipinski definition) is 2. The van der Waals surface area contributed by atoms with E-state index in [4.69, 9.17) is 0 Å². The molecule has 8 nitrogen and oxygen atoms in total. The minimum absolute atomic E-state index is 0.0169. The van der Waals surface area contributed by atoms with Crippen LogP contribution < -0.4 is 10.9 Å². The van der Waals surface area contributed by atoms with Gasteiger partial charge in [-0.05, 0) is 71.6 Å². The Hall–Kier alpha value is -4.34. The summed E-state index contributed by atoms with van der Waals surface area (Å²) in [5.41, 5.74) is 1.89. The third-order valence-electron chi connectivity index (χ3n) is 8.99. The van der Waals surface area contributed by atoms with Crippen LogP contribution in [0.1, 0.15) is 53.4 Å². The Bertz CT molecular complexity index is 1660. The predicted molar refractivity (Wildman–Crippen MR) is 152 cm³/mol. The Morgan fingerprint density at radius 2 is 1.76 bits per heavy atom. The zero-order valence-corrected chi connectivity index (χ0v) is 24.1. The van der Waals surface area contributed by atoms with Crippen molar-refractivity contribution in [3.8, 4) is 11.1 Å². The van der Waals surface area contributed by atoms with Crippen molar-refractivity contribution >= 4 is 17.8 Å². The fourth-order valence-corrected chi connectivity index (χ4v) is 6.59. The largest absolute Gasteiger partial charge is 0.481 e. The maximum Gasteiger partial charge on any atom is 0.305 e. The van der Waals surface area contributed by atoms with E-state index in [1.165, 1.54) is 33.9 Å². The highest BCUT2D eigenvalue weighted by Gasteiger charge is 2.69. The van der Waals surface area contributed by atoms with Gasteiger partial charge in [0, 0.05) is 37.0 Å². The third-order valence-corrected chi connectivity index (χ3v) is 8.99. The molecule has 2 heterocycles. The Balaban J connectivity index is 1.51. The van der Waals surface area contributed by atoms with Gasteiger partial charge in [-0.3, -0.25) is 19.2 Å². The van der Waals surface area contributed by atoms with Crippen molar-refractivity contribution < 1.29 is 28.3 Å². The van der Waals surface area contributed by atoms with Crippen LogP contribution in [0.4, 0.5) is 8.78 Å². The first-order chi connectivity index (χ1) is 19.7. The van der Waals surface area contributed by atoms with Crippen molar-refractivity contribution in [1.82, 2.24) is 14.8 Å². The molecule has 1 aliphatic carbocycles. The molecule has 1 saturated carbocycles. The summed E-state index contributed by atoms with van der Waals surface area (Å²) in [7, 11) is 1.56. The van der Waals surface area contributed by atoms with E-state index in [1.54, 1.807) is 7.05 Å². The van der Waals surface area contributed by atoms with Gasteiger partial charge in [0.15, 0.2) is 11.6 Å².